The van der Waals surface area contributed by atoms with Gasteiger partial charge in [0.05, 0.1) is 5.69 Å². The monoisotopic (exact) mass is 469 g/mol. The largest absolute Gasteiger partial charge is 0.396 e. The average Bonchev–Trinajstić information content (AvgIpc) is 2.72. The minimum atomic E-state index is 0. The lowest BCUT2D eigenvalue weighted by molar-refractivity contribution is 0.279. The SMILES string of the molecule is Clc1ccc2c(n1)N[C@H]1CCCN2C1.OCCC[C@H]1CCc2ccc(Cl)nc2N1.S. The third-order valence-corrected chi connectivity index (χ3v) is 6.12. The third-order valence-electron chi connectivity index (χ3n) is 5.70. The van der Waals surface area contributed by atoms with E-state index in [-0.39, 0.29) is 20.1 Å². The van der Waals surface area contributed by atoms with Crippen LogP contribution in [0.2, 0.25) is 10.3 Å². The van der Waals surface area contributed by atoms with Crippen LogP contribution in [0.3, 0.4) is 0 Å². The Morgan fingerprint density at radius 2 is 1.80 bits per heavy atom. The first-order valence-corrected chi connectivity index (χ1v) is 11.1. The second kappa shape index (κ2) is 10.8. The lowest BCUT2D eigenvalue weighted by Crippen LogP contribution is -2.46. The Balaban J connectivity index is 0.000000165. The summed E-state index contributed by atoms with van der Waals surface area (Å²) in [6, 6.07) is 8.75. The summed E-state index contributed by atoms with van der Waals surface area (Å²) in [5.41, 5.74) is 2.44. The van der Waals surface area contributed by atoms with Crippen molar-refractivity contribution in [1.29, 1.82) is 0 Å². The van der Waals surface area contributed by atoms with Crippen LogP contribution in [0.5, 0.6) is 0 Å². The highest BCUT2D eigenvalue weighted by Crippen LogP contribution is 2.33. The lowest BCUT2D eigenvalue weighted by Gasteiger charge is -2.40. The molecule has 164 valence electrons. The predicted octanol–water partition coefficient (Wildman–Crippen LogP) is 4.48. The van der Waals surface area contributed by atoms with Crippen molar-refractivity contribution in [2.75, 3.05) is 35.2 Å². The Morgan fingerprint density at radius 3 is 2.60 bits per heavy atom. The maximum Gasteiger partial charge on any atom is 0.151 e. The molecule has 3 N–H and O–H groups in total. The van der Waals surface area contributed by atoms with Crippen LogP contribution in [-0.4, -0.2) is 46.9 Å². The molecule has 5 heterocycles. The van der Waals surface area contributed by atoms with Gasteiger partial charge in [-0.05, 0) is 62.3 Å². The summed E-state index contributed by atoms with van der Waals surface area (Å²) in [5.74, 6) is 1.87. The van der Waals surface area contributed by atoms with Gasteiger partial charge in [-0.2, -0.15) is 13.5 Å². The van der Waals surface area contributed by atoms with Crippen molar-refractivity contribution in [2.45, 2.75) is 50.6 Å². The number of hydrogen-bond donors (Lipinski definition) is 3. The van der Waals surface area contributed by atoms with Gasteiger partial charge in [0, 0.05) is 31.8 Å². The van der Waals surface area contributed by atoms with Gasteiger partial charge in [0.1, 0.15) is 16.1 Å². The molecule has 0 aromatic carbocycles. The summed E-state index contributed by atoms with van der Waals surface area (Å²) in [6.45, 7) is 2.51. The minimum Gasteiger partial charge on any atom is -0.396 e. The second-order valence-corrected chi connectivity index (χ2v) is 8.59. The molecule has 6 nitrogen and oxygen atoms in total. The standard InChI is InChI=1S/C11H15ClN2O.C10H12ClN3.H2S/c12-10-6-4-8-3-5-9(2-1-7-15)13-11(8)14-10;11-9-4-3-8-10(13-9)12-7-2-1-5-14(8)6-7;/h4,6,9,15H,1-3,5,7H2,(H,13,14);3-4,7H,1-2,5-6H2,(H,12,13);1H2/t9-;7-;/m00./s1. The first kappa shape index (κ1) is 23.3. The molecule has 0 unspecified atom stereocenters. The summed E-state index contributed by atoms with van der Waals surface area (Å²) < 4.78 is 0. The number of rotatable bonds is 3. The number of fused-ring (bicyclic) bond motifs is 5. The van der Waals surface area contributed by atoms with Crippen LogP contribution in [0.4, 0.5) is 17.3 Å². The minimum absolute atomic E-state index is 0. The van der Waals surface area contributed by atoms with Crippen molar-refractivity contribution < 1.29 is 5.11 Å². The van der Waals surface area contributed by atoms with Gasteiger partial charge in [0.15, 0.2) is 5.82 Å². The van der Waals surface area contributed by atoms with Crippen LogP contribution < -0.4 is 15.5 Å². The van der Waals surface area contributed by atoms with E-state index in [4.69, 9.17) is 28.3 Å². The van der Waals surface area contributed by atoms with E-state index in [1.165, 1.54) is 24.1 Å². The number of anilines is 3. The summed E-state index contributed by atoms with van der Waals surface area (Å²) in [5, 5.41) is 16.7. The van der Waals surface area contributed by atoms with E-state index in [0.29, 0.717) is 22.4 Å². The fourth-order valence-electron chi connectivity index (χ4n) is 4.24. The van der Waals surface area contributed by atoms with Gasteiger partial charge in [0.2, 0.25) is 0 Å². The zero-order valence-corrected chi connectivity index (χ0v) is 19.4. The summed E-state index contributed by atoms with van der Waals surface area (Å²) >= 11 is 11.7. The van der Waals surface area contributed by atoms with Crippen molar-refractivity contribution in [2.24, 2.45) is 0 Å². The van der Waals surface area contributed by atoms with Crippen LogP contribution in [0.1, 0.15) is 37.7 Å². The van der Waals surface area contributed by atoms with Crippen LogP contribution in [-0.2, 0) is 6.42 Å². The second-order valence-electron chi connectivity index (χ2n) is 7.82. The number of halogens is 2. The van der Waals surface area contributed by atoms with E-state index in [1.807, 2.05) is 18.2 Å². The van der Waals surface area contributed by atoms with E-state index >= 15 is 0 Å². The van der Waals surface area contributed by atoms with Crippen molar-refractivity contribution in [3.63, 3.8) is 0 Å². The molecule has 1 fully saturated rings. The highest BCUT2D eigenvalue weighted by Gasteiger charge is 2.28. The van der Waals surface area contributed by atoms with Crippen LogP contribution in [0.15, 0.2) is 24.3 Å². The zero-order chi connectivity index (χ0) is 20.2. The molecule has 2 aromatic rings. The normalized spacial score (nSPS) is 21.0. The molecular weight excluding hydrogens is 441 g/mol. The van der Waals surface area contributed by atoms with E-state index in [1.54, 1.807) is 0 Å². The molecule has 2 atom stereocenters. The third kappa shape index (κ3) is 5.63. The molecule has 3 aliphatic heterocycles. The average molecular weight is 470 g/mol. The number of hydrogen-bond acceptors (Lipinski definition) is 6. The van der Waals surface area contributed by atoms with Gasteiger partial charge in [-0.3, -0.25) is 0 Å². The quantitative estimate of drug-likeness (QED) is 0.575. The molecule has 3 aliphatic rings. The summed E-state index contributed by atoms with van der Waals surface area (Å²) in [7, 11) is 0. The number of aromatic nitrogens is 2. The van der Waals surface area contributed by atoms with Crippen LogP contribution in [0, 0.1) is 0 Å². The van der Waals surface area contributed by atoms with E-state index < -0.39 is 0 Å². The number of piperidine rings is 1. The summed E-state index contributed by atoms with van der Waals surface area (Å²) in [4.78, 5) is 11.0. The molecular formula is C21H29Cl2N5OS. The summed E-state index contributed by atoms with van der Waals surface area (Å²) in [6.07, 6.45) is 6.49. The maximum absolute atomic E-state index is 8.77. The van der Waals surface area contributed by atoms with Gasteiger partial charge in [-0.1, -0.05) is 29.3 Å². The van der Waals surface area contributed by atoms with Gasteiger partial charge < -0.3 is 20.6 Å². The molecule has 30 heavy (non-hydrogen) atoms. The number of pyridine rings is 2. The fraction of sp³-hybridized carbons (Fsp3) is 0.524. The zero-order valence-electron chi connectivity index (χ0n) is 16.9. The van der Waals surface area contributed by atoms with Gasteiger partial charge in [-0.15, -0.1) is 0 Å². The Morgan fingerprint density at radius 1 is 1.03 bits per heavy atom. The Kier molecular flexibility index (Phi) is 8.34. The van der Waals surface area contributed by atoms with Gasteiger partial charge >= 0.3 is 0 Å². The van der Waals surface area contributed by atoms with Crippen molar-refractivity contribution in [3.05, 3.63) is 40.1 Å². The smallest absolute Gasteiger partial charge is 0.151 e. The number of aryl methyl sites for hydroxylation is 1. The molecule has 0 amide bonds. The number of aliphatic hydroxyl groups is 1. The highest BCUT2D eigenvalue weighted by atomic mass is 35.5. The number of aliphatic hydroxyl groups excluding tert-OH is 1. The number of nitrogens with zero attached hydrogens (tertiary/aromatic N) is 3. The Hall–Kier alpha value is -1.41. The maximum atomic E-state index is 8.77. The Labute approximate surface area is 194 Å². The van der Waals surface area contributed by atoms with Crippen molar-refractivity contribution in [1.82, 2.24) is 9.97 Å². The molecule has 5 rings (SSSR count). The topological polar surface area (TPSA) is 73.3 Å². The van der Waals surface area contributed by atoms with Gasteiger partial charge in [0.25, 0.3) is 0 Å². The van der Waals surface area contributed by atoms with Crippen molar-refractivity contribution in [3.8, 4) is 0 Å². The molecule has 0 aliphatic carbocycles. The molecule has 0 saturated carbocycles. The predicted molar refractivity (Wildman–Crippen MR) is 130 cm³/mol. The lowest BCUT2D eigenvalue weighted by atomic mass is 9.98. The van der Waals surface area contributed by atoms with Crippen molar-refractivity contribution >= 4 is 54.0 Å². The first-order valence-electron chi connectivity index (χ1n) is 10.3. The molecule has 2 aromatic heterocycles. The Bertz CT molecular complexity index is 856. The molecule has 9 heteroatoms. The van der Waals surface area contributed by atoms with E-state index in [0.717, 1.165) is 50.4 Å². The van der Waals surface area contributed by atoms with Crippen LogP contribution in [0.25, 0.3) is 0 Å². The fourth-order valence-corrected chi connectivity index (χ4v) is 4.53. The number of nitrogens with one attached hydrogen (secondary N) is 2. The molecule has 1 saturated heterocycles. The highest BCUT2D eigenvalue weighted by molar-refractivity contribution is 7.59. The van der Waals surface area contributed by atoms with Crippen LogP contribution >= 0.6 is 36.7 Å². The molecule has 2 bridgehead atoms. The molecule has 0 radical (unpaired) electrons. The van der Waals surface area contributed by atoms with Gasteiger partial charge in [-0.25, -0.2) is 9.97 Å². The van der Waals surface area contributed by atoms with E-state index in [2.05, 4.69) is 31.6 Å². The van der Waals surface area contributed by atoms with E-state index in [9.17, 15) is 0 Å². The molecule has 0 spiro atoms. The first-order chi connectivity index (χ1) is 14.1.